The maximum absolute atomic E-state index is 14.5. The van der Waals surface area contributed by atoms with E-state index < -0.39 is 65.3 Å². The molecule has 1 saturated heterocycles. The lowest BCUT2D eigenvalue weighted by Gasteiger charge is -2.32. The number of aliphatic hydroxyl groups is 1. The Balaban J connectivity index is 1.62. The van der Waals surface area contributed by atoms with Gasteiger partial charge in [-0.2, -0.15) is 0 Å². The van der Waals surface area contributed by atoms with Crippen LogP contribution < -0.4 is 21.7 Å². The van der Waals surface area contributed by atoms with Crippen LogP contribution >= 0.6 is 0 Å². The Hall–Kier alpha value is -4.87. The molecule has 0 aromatic carbocycles. The summed E-state index contributed by atoms with van der Waals surface area (Å²) in [4.78, 5) is 82.1. The number of oxazole rings is 1. The molecule has 5 amide bonds. The first-order valence-corrected chi connectivity index (χ1v) is 16.5. The van der Waals surface area contributed by atoms with Crippen molar-refractivity contribution in [2.24, 2.45) is 11.7 Å². The molecule has 4 atom stereocenters. The number of nitrogens with zero attached hydrogens (tertiary/aromatic N) is 5. The van der Waals surface area contributed by atoms with Crippen molar-refractivity contribution in [2.45, 2.75) is 108 Å². The van der Waals surface area contributed by atoms with Crippen molar-refractivity contribution < 1.29 is 43.4 Å². The van der Waals surface area contributed by atoms with Crippen LogP contribution in [0.4, 0.5) is 4.79 Å². The van der Waals surface area contributed by atoms with Gasteiger partial charge in [0, 0.05) is 19.5 Å². The average molecular weight is 688 g/mol. The van der Waals surface area contributed by atoms with Crippen molar-refractivity contribution in [1.82, 2.24) is 40.8 Å². The molecule has 7 N–H and O–H groups in total. The van der Waals surface area contributed by atoms with E-state index in [2.05, 4.69) is 31.2 Å². The second-order valence-corrected chi connectivity index (χ2v) is 13.1. The highest BCUT2D eigenvalue weighted by Crippen LogP contribution is 2.33. The van der Waals surface area contributed by atoms with Crippen LogP contribution in [0, 0.1) is 5.92 Å². The Labute approximate surface area is 282 Å². The number of likely N-dealkylation sites (tertiary alicyclic amines) is 1. The molecule has 0 spiro atoms. The number of nitrogens with two attached hydrogens (primary N) is 1. The quantitative estimate of drug-likeness (QED) is 0.103. The van der Waals surface area contributed by atoms with Crippen molar-refractivity contribution in [3.63, 3.8) is 0 Å². The minimum absolute atomic E-state index is 0.00780. The second kappa shape index (κ2) is 16.5. The summed E-state index contributed by atoms with van der Waals surface area (Å²) in [7, 11) is 0. The fourth-order valence-electron chi connectivity index (χ4n) is 6.55. The number of Topliss-reactive ketones (excluding diaryl/α,β-unsaturated/α-hetero) is 1. The van der Waals surface area contributed by atoms with Gasteiger partial charge < -0.3 is 41.2 Å². The summed E-state index contributed by atoms with van der Waals surface area (Å²) in [6, 6.07) is -4.19. The van der Waals surface area contributed by atoms with E-state index in [4.69, 9.17) is 15.3 Å². The molecule has 18 heteroatoms. The Morgan fingerprint density at radius 3 is 2.45 bits per heavy atom. The third kappa shape index (κ3) is 9.84. The Morgan fingerprint density at radius 2 is 1.82 bits per heavy atom. The lowest BCUT2D eigenvalue weighted by atomic mass is 9.84. The van der Waals surface area contributed by atoms with Crippen LogP contribution in [-0.4, -0.2) is 102 Å². The van der Waals surface area contributed by atoms with Crippen LogP contribution in [-0.2, 0) is 24.8 Å². The van der Waals surface area contributed by atoms with E-state index in [0.717, 1.165) is 32.1 Å². The number of carbonyl (C=O) groups excluding carboxylic acids is 5. The van der Waals surface area contributed by atoms with Gasteiger partial charge in [0.05, 0.1) is 30.2 Å². The van der Waals surface area contributed by atoms with E-state index in [0.29, 0.717) is 18.5 Å². The van der Waals surface area contributed by atoms with Crippen LogP contribution in [0.3, 0.4) is 0 Å². The summed E-state index contributed by atoms with van der Waals surface area (Å²) >= 11 is 0. The first-order valence-electron chi connectivity index (χ1n) is 16.5. The molecule has 268 valence electrons. The Kier molecular flexibility index (Phi) is 12.4. The fourth-order valence-corrected chi connectivity index (χ4v) is 6.55. The number of ketones is 1. The average Bonchev–Trinajstić information content (AvgIpc) is 3.84. The molecule has 2 aliphatic rings. The monoisotopic (exact) mass is 687 g/mol. The molecule has 0 radical (unpaired) electrons. The van der Waals surface area contributed by atoms with Crippen LogP contribution in [0.5, 0.6) is 0 Å². The zero-order valence-electron chi connectivity index (χ0n) is 27.7. The molecule has 3 heterocycles. The smallest absolute Gasteiger partial charge is 0.404 e. The van der Waals surface area contributed by atoms with Gasteiger partial charge in [0.25, 0.3) is 11.8 Å². The number of rotatable bonds is 16. The number of nitrogens with one attached hydrogen (secondary N) is 3. The van der Waals surface area contributed by atoms with E-state index in [9.17, 15) is 33.9 Å². The van der Waals surface area contributed by atoms with Crippen LogP contribution in [0.2, 0.25) is 0 Å². The van der Waals surface area contributed by atoms with Crippen LogP contribution in [0.1, 0.15) is 100 Å². The summed E-state index contributed by atoms with van der Waals surface area (Å²) in [5.74, 6) is -4.36. The second-order valence-electron chi connectivity index (χ2n) is 13.1. The van der Waals surface area contributed by atoms with Crippen LogP contribution in [0.15, 0.2) is 23.1 Å². The van der Waals surface area contributed by atoms with Gasteiger partial charge in [0.1, 0.15) is 23.9 Å². The predicted molar refractivity (Wildman–Crippen MR) is 169 cm³/mol. The first kappa shape index (κ1) is 37.0. The first-order chi connectivity index (χ1) is 23.3. The van der Waals surface area contributed by atoms with E-state index >= 15 is 0 Å². The molecule has 2 aromatic heterocycles. The standard InChI is InChI=1S/C31H45N9O9/c1-31(2,48)23-16-35-38-40(23)19-15-22(26(43)36-20(24(41)25(32)42)10-6-7-11-34-30(46)47)39(17-19)29(45)21(14-18-8-4-3-5-9-18)37-27(44)28-33-12-13-49-28/h12-13,16,18-22,34,48H,3-11,14-15,17H2,1-2H3,(H2,32,42)(H,36,43)(H,37,44)(H,46,47)/t19-,20?,21+,22-/m0/s1. The molecule has 4 rings (SSSR count). The number of unbranched alkanes of at least 4 members (excludes halogenated alkanes) is 1. The number of hydrogen-bond acceptors (Lipinski definition) is 11. The van der Waals surface area contributed by atoms with Crippen molar-refractivity contribution in [1.29, 1.82) is 0 Å². The maximum atomic E-state index is 14.5. The minimum Gasteiger partial charge on any atom is -0.465 e. The minimum atomic E-state index is -1.36. The zero-order chi connectivity index (χ0) is 35.7. The van der Waals surface area contributed by atoms with Gasteiger partial charge in [0.2, 0.25) is 17.6 Å². The number of aromatic nitrogens is 4. The molecular formula is C31H45N9O9. The summed E-state index contributed by atoms with van der Waals surface area (Å²) < 4.78 is 6.60. The number of hydrogen-bond donors (Lipinski definition) is 6. The highest BCUT2D eigenvalue weighted by molar-refractivity contribution is 6.37. The normalized spacial score (nSPS) is 19.5. The van der Waals surface area contributed by atoms with Crippen molar-refractivity contribution in [3.8, 4) is 0 Å². The van der Waals surface area contributed by atoms with Gasteiger partial charge in [-0.3, -0.25) is 24.0 Å². The van der Waals surface area contributed by atoms with Gasteiger partial charge in [-0.05, 0) is 45.4 Å². The molecule has 0 bridgehead atoms. The topological polar surface area (TPSA) is 265 Å². The van der Waals surface area contributed by atoms with E-state index in [1.54, 1.807) is 13.8 Å². The molecule has 1 aliphatic carbocycles. The molecule has 1 aliphatic heterocycles. The summed E-state index contributed by atoms with van der Waals surface area (Å²) in [5.41, 5.74) is 4.27. The van der Waals surface area contributed by atoms with Gasteiger partial charge in [0.15, 0.2) is 0 Å². The SMILES string of the molecule is CC(C)(O)c1cnnn1[C@H]1C[C@@H](C(=O)NC(CCCCNC(=O)O)C(=O)C(N)=O)N(C(=O)[C@@H](CC2CCCCC2)NC(=O)c2ncco2)C1. The number of amides is 5. The third-order valence-electron chi connectivity index (χ3n) is 9.01. The molecule has 18 nitrogen and oxygen atoms in total. The molecule has 1 saturated carbocycles. The Bertz CT molecular complexity index is 1480. The molecule has 2 fully saturated rings. The summed E-state index contributed by atoms with van der Waals surface area (Å²) in [6.07, 6.45) is 8.43. The van der Waals surface area contributed by atoms with E-state index in [-0.39, 0.29) is 44.2 Å². The summed E-state index contributed by atoms with van der Waals surface area (Å²) in [6.45, 7) is 3.15. The lowest BCUT2D eigenvalue weighted by Crippen LogP contribution is -2.56. The summed E-state index contributed by atoms with van der Waals surface area (Å²) in [5, 5.41) is 35.2. The van der Waals surface area contributed by atoms with Crippen LogP contribution in [0.25, 0.3) is 0 Å². The highest BCUT2D eigenvalue weighted by atomic mass is 16.4. The Morgan fingerprint density at radius 1 is 1.08 bits per heavy atom. The number of carboxylic acid groups (broad SMARTS) is 1. The molecule has 1 unspecified atom stereocenters. The molecular weight excluding hydrogens is 642 g/mol. The van der Waals surface area contributed by atoms with Crippen molar-refractivity contribution in [3.05, 3.63) is 30.2 Å². The number of primary amides is 1. The van der Waals surface area contributed by atoms with E-state index in [1.165, 1.54) is 28.2 Å². The number of carbonyl (C=O) groups is 6. The van der Waals surface area contributed by atoms with Gasteiger partial charge in [-0.25, -0.2) is 14.5 Å². The van der Waals surface area contributed by atoms with Gasteiger partial charge in [-0.15, -0.1) is 5.10 Å². The lowest BCUT2D eigenvalue weighted by molar-refractivity contribution is -0.142. The molecule has 2 aromatic rings. The largest absolute Gasteiger partial charge is 0.465 e. The van der Waals surface area contributed by atoms with Crippen molar-refractivity contribution >= 4 is 35.5 Å². The highest BCUT2D eigenvalue weighted by Gasteiger charge is 2.45. The van der Waals surface area contributed by atoms with Gasteiger partial charge in [-0.1, -0.05) is 37.3 Å². The maximum Gasteiger partial charge on any atom is 0.404 e. The fraction of sp³-hybridized carbons (Fsp3) is 0.645. The predicted octanol–water partition coefficient (Wildman–Crippen LogP) is 0.382. The van der Waals surface area contributed by atoms with E-state index in [1.807, 2.05) is 0 Å². The zero-order valence-corrected chi connectivity index (χ0v) is 27.7. The van der Waals surface area contributed by atoms with Crippen molar-refractivity contribution in [2.75, 3.05) is 13.1 Å². The molecule has 49 heavy (non-hydrogen) atoms. The third-order valence-corrected chi connectivity index (χ3v) is 9.01. The van der Waals surface area contributed by atoms with Gasteiger partial charge >= 0.3 is 12.0 Å².